The van der Waals surface area contributed by atoms with E-state index in [9.17, 15) is 9.18 Å². The fourth-order valence-corrected chi connectivity index (χ4v) is 2.40. The Kier molecular flexibility index (Phi) is 4.17. The Morgan fingerprint density at radius 1 is 1.58 bits per heavy atom. The quantitative estimate of drug-likeness (QED) is 0.872. The number of halogens is 1. The number of hydrogen-bond acceptors (Lipinski definition) is 3. The van der Waals surface area contributed by atoms with Gasteiger partial charge in [0, 0.05) is 24.9 Å². The van der Waals surface area contributed by atoms with Crippen molar-refractivity contribution in [3.8, 4) is 0 Å². The highest BCUT2D eigenvalue weighted by Gasteiger charge is 2.41. The number of ether oxygens (including phenoxy) is 1. The minimum atomic E-state index is -0.562. The zero-order chi connectivity index (χ0) is 13.9. The first-order valence-corrected chi connectivity index (χ1v) is 6.35. The van der Waals surface area contributed by atoms with Gasteiger partial charge in [-0.05, 0) is 32.0 Å². The van der Waals surface area contributed by atoms with E-state index in [0.29, 0.717) is 24.4 Å². The molecule has 1 aromatic carbocycles. The van der Waals surface area contributed by atoms with E-state index in [4.69, 9.17) is 4.74 Å². The van der Waals surface area contributed by atoms with Gasteiger partial charge in [0.2, 0.25) is 5.91 Å². The first-order valence-electron chi connectivity index (χ1n) is 6.35. The number of carbonyl (C=O) groups excluding carboxylic acids is 1. The van der Waals surface area contributed by atoms with Crippen molar-refractivity contribution in [2.24, 2.45) is 5.41 Å². The third-order valence-corrected chi connectivity index (χ3v) is 3.66. The standard InChI is InChI=1S/C14H19FN2O2/c1-10-11(15)4-3-5-12(10)17-13(18)14(9-19-2)6-7-16-8-14/h3-5,16H,6-9H2,1-2H3,(H,17,18). The first-order chi connectivity index (χ1) is 9.09. The summed E-state index contributed by atoms with van der Waals surface area (Å²) in [6.45, 7) is 3.39. The number of rotatable bonds is 4. The van der Waals surface area contributed by atoms with Gasteiger partial charge in [-0.1, -0.05) is 6.07 Å². The Bertz CT molecular complexity index is 471. The highest BCUT2D eigenvalue weighted by atomic mass is 19.1. The van der Waals surface area contributed by atoms with Crippen molar-refractivity contribution < 1.29 is 13.9 Å². The largest absolute Gasteiger partial charge is 0.384 e. The van der Waals surface area contributed by atoms with E-state index in [2.05, 4.69) is 10.6 Å². The number of carbonyl (C=O) groups is 1. The van der Waals surface area contributed by atoms with E-state index in [1.54, 1.807) is 26.2 Å². The zero-order valence-corrected chi connectivity index (χ0v) is 11.3. The minimum absolute atomic E-state index is 0.118. The van der Waals surface area contributed by atoms with Crippen LogP contribution in [0, 0.1) is 18.2 Å². The highest BCUT2D eigenvalue weighted by molar-refractivity contribution is 5.96. The Morgan fingerprint density at radius 3 is 3.00 bits per heavy atom. The van der Waals surface area contributed by atoms with Crippen LogP contribution >= 0.6 is 0 Å². The van der Waals surface area contributed by atoms with Crippen molar-refractivity contribution >= 4 is 11.6 Å². The first kappa shape index (κ1) is 14.0. The summed E-state index contributed by atoms with van der Waals surface area (Å²) in [6.07, 6.45) is 0.723. The van der Waals surface area contributed by atoms with Crippen LogP contribution in [0.4, 0.5) is 10.1 Å². The Morgan fingerprint density at radius 2 is 2.37 bits per heavy atom. The van der Waals surface area contributed by atoms with E-state index in [0.717, 1.165) is 13.0 Å². The Balaban J connectivity index is 2.17. The summed E-state index contributed by atoms with van der Waals surface area (Å²) < 4.78 is 18.6. The number of benzene rings is 1. The fourth-order valence-electron chi connectivity index (χ4n) is 2.40. The second kappa shape index (κ2) is 5.67. The Labute approximate surface area is 112 Å². The minimum Gasteiger partial charge on any atom is -0.384 e. The maximum atomic E-state index is 13.5. The van der Waals surface area contributed by atoms with Crippen LogP contribution in [0.2, 0.25) is 0 Å². The van der Waals surface area contributed by atoms with Crippen molar-refractivity contribution in [3.05, 3.63) is 29.6 Å². The zero-order valence-electron chi connectivity index (χ0n) is 11.3. The van der Waals surface area contributed by atoms with Crippen LogP contribution < -0.4 is 10.6 Å². The molecule has 2 rings (SSSR count). The van der Waals surface area contributed by atoms with Crippen molar-refractivity contribution in [1.82, 2.24) is 5.32 Å². The molecule has 1 amide bonds. The number of amides is 1. The van der Waals surface area contributed by atoms with Crippen molar-refractivity contribution in [3.63, 3.8) is 0 Å². The molecule has 1 heterocycles. The third kappa shape index (κ3) is 2.77. The van der Waals surface area contributed by atoms with E-state index in [-0.39, 0.29) is 11.7 Å². The van der Waals surface area contributed by atoms with Gasteiger partial charge in [-0.25, -0.2) is 4.39 Å². The second-order valence-electron chi connectivity index (χ2n) is 5.01. The molecule has 0 aromatic heterocycles. The predicted molar refractivity (Wildman–Crippen MR) is 71.6 cm³/mol. The molecule has 19 heavy (non-hydrogen) atoms. The molecule has 0 saturated carbocycles. The topological polar surface area (TPSA) is 50.4 Å². The van der Waals surface area contributed by atoms with Gasteiger partial charge < -0.3 is 15.4 Å². The fraction of sp³-hybridized carbons (Fsp3) is 0.500. The van der Waals surface area contributed by atoms with Crippen molar-refractivity contribution in [2.75, 3.05) is 32.1 Å². The summed E-state index contributed by atoms with van der Waals surface area (Å²) in [5.41, 5.74) is 0.412. The summed E-state index contributed by atoms with van der Waals surface area (Å²) in [6, 6.07) is 4.68. The SMILES string of the molecule is COCC1(C(=O)Nc2cccc(F)c2C)CCNC1. The lowest BCUT2D eigenvalue weighted by atomic mass is 9.87. The van der Waals surface area contributed by atoms with Gasteiger partial charge in [0.25, 0.3) is 0 Å². The van der Waals surface area contributed by atoms with Crippen LogP contribution in [0.1, 0.15) is 12.0 Å². The molecule has 0 bridgehead atoms. The van der Waals surface area contributed by atoms with Crippen LogP contribution in [0.15, 0.2) is 18.2 Å². The summed E-state index contributed by atoms with van der Waals surface area (Å²) in [5.74, 6) is -0.434. The monoisotopic (exact) mass is 266 g/mol. The average molecular weight is 266 g/mol. The van der Waals surface area contributed by atoms with Crippen molar-refractivity contribution in [1.29, 1.82) is 0 Å². The molecule has 0 radical (unpaired) electrons. The molecule has 4 nitrogen and oxygen atoms in total. The molecule has 1 aliphatic rings. The van der Waals surface area contributed by atoms with Gasteiger partial charge in [-0.2, -0.15) is 0 Å². The average Bonchev–Trinajstić information content (AvgIpc) is 2.85. The number of hydrogen-bond donors (Lipinski definition) is 2. The molecule has 0 spiro atoms. The maximum absolute atomic E-state index is 13.5. The molecule has 0 aliphatic carbocycles. The predicted octanol–water partition coefficient (Wildman–Crippen LogP) is 1.70. The number of nitrogens with one attached hydrogen (secondary N) is 2. The van der Waals surface area contributed by atoms with Gasteiger partial charge in [0.1, 0.15) is 5.82 Å². The van der Waals surface area contributed by atoms with Gasteiger partial charge >= 0.3 is 0 Å². The molecule has 1 atom stereocenters. The van der Waals surface area contributed by atoms with Crippen LogP contribution in [0.25, 0.3) is 0 Å². The van der Waals surface area contributed by atoms with Gasteiger partial charge in [0.05, 0.1) is 12.0 Å². The van der Waals surface area contributed by atoms with Crippen LogP contribution in [-0.2, 0) is 9.53 Å². The Hall–Kier alpha value is -1.46. The van der Waals surface area contributed by atoms with Crippen LogP contribution in [0.5, 0.6) is 0 Å². The summed E-state index contributed by atoms with van der Waals surface area (Å²) >= 11 is 0. The molecule has 1 aromatic rings. The highest BCUT2D eigenvalue weighted by Crippen LogP contribution is 2.28. The smallest absolute Gasteiger partial charge is 0.234 e. The normalized spacial score (nSPS) is 22.5. The molecular formula is C14H19FN2O2. The molecule has 1 unspecified atom stereocenters. The summed E-state index contributed by atoms with van der Waals surface area (Å²) in [7, 11) is 1.58. The summed E-state index contributed by atoms with van der Waals surface area (Å²) in [4.78, 5) is 12.4. The van der Waals surface area contributed by atoms with Gasteiger partial charge in [0.15, 0.2) is 0 Å². The van der Waals surface area contributed by atoms with Gasteiger partial charge in [-0.15, -0.1) is 0 Å². The molecule has 1 saturated heterocycles. The molecule has 1 aliphatic heterocycles. The van der Waals surface area contributed by atoms with E-state index < -0.39 is 5.41 Å². The van der Waals surface area contributed by atoms with Crippen LogP contribution in [-0.4, -0.2) is 32.7 Å². The second-order valence-corrected chi connectivity index (χ2v) is 5.01. The molecular weight excluding hydrogens is 247 g/mol. The number of anilines is 1. The van der Waals surface area contributed by atoms with E-state index in [1.165, 1.54) is 6.07 Å². The molecule has 1 fully saturated rings. The maximum Gasteiger partial charge on any atom is 0.234 e. The molecule has 5 heteroatoms. The van der Waals surface area contributed by atoms with Gasteiger partial charge in [-0.3, -0.25) is 4.79 Å². The molecule has 2 N–H and O–H groups in total. The molecule has 104 valence electrons. The lowest BCUT2D eigenvalue weighted by Crippen LogP contribution is -2.42. The number of methoxy groups -OCH3 is 1. The lowest BCUT2D eigenvalue weighted by Gasteiger charge is -2.26. The summed E-state index contributed by atoms with van der Waals surface area (Å²) in [5, 5.41) is 6.00. The van der Waals surface area contributed by atoms with E-state index >= 15 is 0 Å². The third-order valence-electron chi connectivity index (χ3n) is 3.66. The lowest BCUT2D eigenvalue weighted by molar-refractivity contribution is -0.127. The van der Waals surface area contributed by atoms with Crippen LogP contribution in [0.3, 0.4) is 0 Å². The van der Waals surface area contributed by atoms with Crippen molar-refractivity contribution in [2.45, 2.75) is 13.3 Å². The van der Waals surface area contributed by atoms with E-state index in [1.807, 2.05) is 0 Å².